The molecule has 0 unspecified atom stereocenters. The van der Waals surface area contributed by atoms with Gasteiger partial charge in [-0.2, -0.15) is 5.10 Å². The number of hydrogen-bond acceptors (Lipinski definition) is 6. The van der Waals surface area contributed by atoms with E-state index in [1.54, 1.807) is 35.1 Å². The van der Waals surface area contributed by atoms with Crippen LogP contribution >= 0.6 is 0 Å². The van der Waals surface area contributed by atoms with Crippen molar-refractivity contribution in [2.75, 3.05) is 14.2 Å². The first kappa shape index (κ1) is 18.4. The Kier molecular flexibility index (Phi) is 4.50. The molecule has 0 aliphatic carbocycles. The Morgan fingerprint density at radius 3 is 2.61 bits per heavy atom. The molecule has 28 heavy (non-hydrogen) atoms. The summed E-state index contributed by atoms with van der Waals surface area (Å²) in [5.74, 6) is -2.67. The van der Waals surface area contributed by atoms with Crippen LogP contribution in [0.15, 0.2) is 48.8 Å². The van der Waals surface area contributed by atoms with Crippen LogP contribution in [-0.2, 0) is 31.2 Å². The van der Waals surface area contributed by atoms with Crippen LogP contribution in [-0.4, -0.2) is 52.7 Å². The van der Waals surface area contributed by atoms with E-state index in [2.05, 4.69) is 10.4 Å². The molecule has 2 saturated heterocycles. The molecule has 0 radical (unpaired) electrons. The van der Waals surface area contributed by atoms with E-state index in [4.69, 9.17) is 4.74 Å². The zero-order valence-electron chi connectivity index (χ0n) is 15.7. The normalized spacial score (nSPS) is 29.2. The summed E-state index contributed by atoms with van der Waals surface area (Å²) in [5.41, 5.74) is -0.776. The SMILES string of the molecule is COC(=O)[C@]1(c2ccccc2)N[C@H](CCn2cccn2)[C@@H]2C(=O)N(C)C(=O)[C@@H]21. The summed E-state index contributed by atoms with van der Waals surface area (Å²) >= 11 is 0. The molecule has 1 aromatic carbocycles. The molecule has 146 valence electrons. The van der Waals surface area contributed by atoms with Gasteiger partial charge in [-0.05, 0) is 18.1 Å². The molecule has 0 bridgehead atoms. The summed E-state index contributed by atoms with van der Waals surface area (Å²) in [7, 11) is 2.77. The van der Waals surface area contributed by atoms with E-state index in [0.29, 0.717) is 18.5 Å². The van der Waals surface area contributed by atoms with E-state index in [9.17, 15) is 14.4 Å². The van der Waals surface area contributed by atoms with E-state index in [0.717, 1.165) is 4.90 Å². The molecular weight excluding hydrogens is 360 g/mol. The Morgan fingerprint density at radius 2 is 1.96 bits per heavy atom. The van der Waals surface area contributed by atoms with Gasteiger partial charge in [0, 0.05) is 32.0 Å². The summed E-state index contributed by atoms with van der Waals surface area (Å²) in [4.78, 5) is 40.1. The lowest BCUT2D eigenvalue weighted by Gasteiger charge is -2.32. The van der Waals surface area contributed by atoms with Crippen LogP contribution in [0.4, 0.5) is 0 Å². The molecule has 0 spiro atoms. The number of fused-ring (bicyclic) bond motifs is 1. The van der Waals surface area contributed by atoms with Gasteiger partial charge < -0.3 is 4.74 Å². The monoisotopic (exact) mass is 382 g/mol. The fourth-order valence-electron chi connectivity index (χ4n) is 4.55. The molecule has 2 aliphatic heterocycles. The molecule has 4 atom stereocenters. The van der Waals surface area contributed by atoms with Gasteiger partial charge in [0.25, 0.3) is 0 Å². The molecule has 1 N–H and O–H groups in total. The van der Waals surface area contributed by atoms with Crippen molar-refractivity contribution in [2.24, 2.45) is 11.8 Å². The number of nitrogens with one attached hydrogen (secondary N) is 1. The standard InChI is InChI=1S/C20H22N4O4/c1-23-17(25)15-14(9-12-24-11-6-10-21-24)22-20(19(27)28-2,16(15)18(23)26)13-7-4-3-5-8-13/h3-8,10-11,14-16,22H,9,12H2,1-2H3/t14-,15+,16-,20-/m1/s1. The minimum Gasteiger partial charge on any atom is -0.467 e. The van der Waals surface area contributed by atoms with E-state index in [1.165, 1.54) is 14.2 Å². The quantitative estimate of drug-likeness (QED) is 0.599. The van der Waals surface area contributed by atoms with Crippen molar-refractivity contribution in [1.82, 2.24) is 20.0 Å². The minimum absolute atomic E-state index is 0.269. The maximum atomic E-state index is 13.0. The third-order valence-corrected chi connectivity index (χ3v) is 5.85. The van der Waals surface area contributed by atoms with Crippen molar-refractivity contribution in [3.63, 3.8) is 0 Å². The molecular formula is C20H22N4O4. The summed E-state index contributed by atoms with van der Waals surface area (Å²) in [6.07, 6.45) is 4.07. The first-order chi connectivity index (χ1) is 13.5. The number of rotatable bonds is 5. The average Bonchev–Trinajstić information content (AvgIpc) is 3.41. The molecule has 2 fully saturated rings. The number of ether oxygens (including phenoxy) is 1. The molecule has 2 aliphatic rings. The number of imide groups is 1. The number of esters is 1. The molecule has 3 heterocycles. The predicted molar refractivity (Wildman–Crippen MR) is 98.7 cm³/mol. The van der Waals surface area contributed by atoms with E-state index in [-0.39, 0.29) is 17.9 Å². The Bertz CT molecular complexity index is 898. The van der Waals surface area contributed by atoms with Gasteiger partial charge in [-0.1, -0.05) is 30.3 Å². The van der Waals surface area contributed by atoms with Crippen molar-refractivity contribution in [2.45, 2.75) is 24.5 Å². The Labute approximate surface area is 162 Å². The smallest absolute Gasteiger partial charge is 0.331 e. The van der Waals surface area contributed by atoms with Gasteiger partial charge in [-0.15, -0.1) is 0 Å². The number of methoxy groups -OCH3 is 1. The van der Waals surface area contributed by atoms with Crippen LogP contribution in [0.5, 0.6) is 0 Å². The van der Waals surface area contributed by atoms with Gasteiger partial charge in [-0.3, -0.25) is 24.5 Å². The number of benzene rings is 1. The van der Waals surface area contributed by atoms with Crippen LogP contribution in [0.25, 0.3) is 0 Å². The molecule has 2 amide bonds. The summed E-state index contributed by atoms with van der Waals surface area (Å²) in [6, 6.07) is 10.5. The van der Waals surface area contributed by atoms with Gasteiger partial charge >= 0.3 is 5.97 Å². The highest BCUT2D eigenvalue weighted by atomic mass is 16.5. The first-order valence-corrected chi connectivity index (χ1v) is 9.21. The van der Waals surface area contributed by atoms with Crippen molar-refractivity contribution in [3.8, 4) is 0 Å². The van der Waals surface area contributed by atoms with Gasteiger partial charge in [-0.25, -0.2) is 4.79 Å². The van der Waals surface area contributed by atoms with E-state index < -0.39 is 23.3 Å². The molecule has 1 aromatic heterocycles. The van der Waals surface area contributed by atoms with Crippen molar-refractivity contribution in [3.05, 3.63) is 54.4 Å². The van der Waals surface area contributed by atoms with Crippen molar-refractivity contribution < 1.29 is 19.1 Å². The third kappa shape index (κ3) is 2.56. The van der Waals surface area contributed by atoms with Crippen molar-refractivity contribution >= 4 is 17.8 Å². The summed E-state index contributed by atoms with van der Waals surface area (Å²) < 4.78 is 6.88. The number of hydrogen-bond donors (Lipinski definition) is 1. The number of amides is 2. The first-order valence-electron chi connectivity index (χ1n) is 9.21. The van der Waals surface area contributed by atoms with Gasteiger partial charge in [0.15, 0.2) is 5.54 Å². The Morgan fingerprint density at radius 1 is 1.21 bits per heavy atom. The Balaban J connectivity index is 1.78. The van der Waals surface area contributed by atoms with E-state index in [1.807, 2.05) is 18.3 Å². The fraction of sp³-hybridized carbons (Fsp3) is 0.400. The van der Waals surface area contributed by atoms with Crippen LogP contribution in [0.1, 0.15) is 12.0 Å². The largest absolute Gasteiger partial charge is 0.467 e. The number of likely N-dealkylation sites (tertiary alicyclic amines) is 1. The zero-order chi connectivity index (χ0) is 19.9. The maximum absolute atomic E-state index is 13.0. The lowest BCUT2D eigenvalue weighted by atomic mass is 9.75. The van der Waals surface area contributed by atoms with Crippen LogP contribution in [0, 0.1) is 11.8 Å². The Hall–Kier alpha value is -3.00. The topological polar surface area (TPSA) is 93.5 Å². The maximum Gasteiger partial charge on any atom is 0.331 e. The number of carbonyl (C=O) groups excluding carboxylic acids is 3. The van der Waals surface area contributed by atoms with Gasteiger partial charge in [0.2, 0.25) is 11.8 Å². The lowest BCUT2D eigenvalue weighted by molar-refractivity contribution is -0.154. The second kappa shape index (κ2) is 6.87. The molecule has 8 heteroatoms. The van der Waals surface area contributed by atoms with Crippen LogP contribution < -0.4 is 5.32 Å². The number of aromatic nitrogens is 2. The lowest BCUT2D eigenvalue weighted by Crippen LogP contribution is -2.54. The molecule has 2 aromatic rings. The highest BCUT2D eigenvalue weighted by Gasteiger charge is 2.68. The molecule has 8 nitrogen and oxygen atoms in total. The number of aryl methyl sites for hydroxylation is 1. The highest BCUT2D eigenvalue weighted by molar-refractivity contribution is 6.09. The van der Waals surface area contributed by atoms with Gasteiger partial charge in [0.1, 0.15) is 0 Å². The van der Waals surface area contributed by atoms with Crippen LogP contribution in [0.2, 0.25) is 0 Å². The summed E-state index contributed by atoms with van der Waals surface area (Å²) in [6.45, 7) is 0.561. The second-order valence-electron chi connectivity index (χ2n) is 7.21. The number of nitrogens with zero attached hydrogens (tertiary/aromatic N) is 3. The highest BCUT2D eigenvalue weighted by Crippen LogP contribution is 2.49. The van der Waals surface area contributed by atoms with E-state index >= 15 is 0 Å². The van der Waals surface area contributed by atoms with Crippen molar-refractivity contribution in [1.29, 1.82) is 0 Å². The number of carbonyl (C=O) groups is 3. The minimum atomic E-state index is -1.40. The van der Waals surface area contributed by atoms with Gasteiger partial charge in [0.05, 0.1) is 18.9 Å². The van der Waals surface area contributed by atoms with Crippen LogP contribution in [0.3, 0.4) is 0 Å². The zero-order valence-corrected chi connectivity index (χ0v) is 15.7. The molecule has 4 rings (SSSR count). The molecule has 0 saturated carbocycles. The average molecular weight is 382 g/mol. The predicted octanol–water partition coefficient (Wildman–Crippen LogP) is 0.544. The second-order valence-corrected chi connectivity index (χ2v) is 7.21. The summed E-state index contributed by atoms with van der Waals surface area (Å²) in [5, 5.41) is 7.53. The third-order valence-electron chi connectivity index (χ3n) is 5.85. The fourth-order valence-corrected chi connectivity index (χ4v) is 4.55.